The number of imide groups is 1. The van der Waals surface area contributed by atoms with Crippen molar-refractivity contribution in [3.05, 3.63) is 101 Å². The van der Waals surface area contributed by atoms with Crippen molar-refractivity contribution >= 4 is 33.5 Å². The second-order valence-corrected chi connectivity index (χ2v) is 10.6. The summed E-state index contributed by atoms with van der Waals surface area (Å²) >= 11 is 1.71. The van der Waals surface area contributed by atoms with E-state index in [1.165, 1.54) is 9.60 Å². The number of urea groups is 1. The van der Waals surface area contributed by atoms with E-state index >= 15 is 0 Å². The molecule has 3 amide bonds. The Hall–Kier alpha value is -3.55. The summed E-state index contributed by atoms with van der Waals surface area (Å²) in [6, 6.07) is 27.4. The SMILES string of the molecule is O=C1N[C@@](Cc2ccccc2)(c2ccccc2)C(=O)N1CN1CCCC[C@@H]1c1nc2ccccc2s1. The van der Waals surface area contributed by atoms with Gasteiger partial charge in [-0.15, -0.1) is 11.3 Å². The van der Waals surface area contributed by atoms with Crippen molar-refractivity contribution in [3.63, 3.8) is 0 Å². The summed E-state index contributed by atoms with van der Waals surface area (Å²) < 4.78 is 1.17. The molecule has 6 rings (SSSR count). The van der Waals surface area contributed by atoms with Gasteiger partial charge in [0.25, 0.3) is 5.91 Å². The molecule has 0 spiro atoms. The molecule has 4 aromatic rings. The van der Waals surface area contributed by atoms with Crippen LogP contribution in [-0.4, -0.2) is 39.9 Å². The molecule has 7 heteroatoms. The van der Waals surface area contributed by atoms with E-state index in [2.05, 4.69) is 16.3 Å². The monoisotopic (exact) mass is 496 g/mol. The van der Waals surface area contributed by atoms with Crippen LogP contribution in [0.15, 0.2) is 84.9 Å². The highest BCUT2D eigenvalue weighted by atomic mass is 32.1. The number of likely N-dealkylation sites (tertiary alicyclic amines) is 1. The van der Waals surface area contributed by atoms with Crippen molar-refractivity contribution in [1.82, 2.24) is 20.1 Å². The van der Waals surface area contributed by atoms with E-state index in [-0.39, 0.29) is 24.6 Å². The molecule has 182 valence electrons. The van der Waals surface area contributed by atoms with Crippen molar-refractivity contribution in [3.8, 4) is 0 Å². The number of hydrogen-bond acceptors (Lipinski definition) is 5. The lowest BCUT2D eigenvalue weighted by molar-refractivity contribution is -0.133. The smallest absolute Gasteiger partial charge is 0.319 e. The number of carbonyl (C=O) groups excluding carboxylic acids is 2. The number of aromatic nitrogens is 1. The van der Waals surface area contributed by atoms with Crippen molar-refractivity contribution in [1.29, 1.82) is 0 Å². The van der Waals surface area contributed by atoms with Crippen molar-refractivity contribution in [2.75, 3.05) is 13.2 Å². The average Bonchev–Trinajstić information content (AvgIpc) is 3.45. The minimum absolute atomic E-state index is 0.0950. The normalized spacial score (nSPS) is 22.8. The van der Waals surface area contributed by atoms with E-state index in [4.69, 9.17) is 4.98 Å². The zero-order valence-electron chi connectivity index (χ0n) is 20.0. The first-order chi connectivity index (χ1) is 17.6. The predicted molar refractivity (Wildman–Crippen MR) is 141 cm³/mol. The van der Waals surface area contributed by atoms with Crippen LogP contribution in [0.5, 0.6) is 0 Å². The summed E-state index contributed by atoms with van der Waals surface area (Å²) in [5, 5.41) is 4.15. The number of carbonyl (C=O) groups is 2. The molecule has 3 heterocycles. The van der Waals surface area contributed by atoms with Gasteiger partial charge >= 0.3 is 6.03 Å². The van der Waals surface area contributed by atoms with E-state index in [0.717, 1.165) is 47.5 Å². The number of fused-ring (bicyclic) bond motifs is 1. The molecule has 1 aromatic heterocycles. The summed E-state index contributed by atoms with van der Waals surface area (Å²) in [4.78, 5) is 36.0. The fourth-order valence-corrected chi connectivity index (χ4v) is 6.59. The van der Waals surface area contributed by atoms with Crippen LogP contribution in [0, 0.1) is 0 Å². The van der Waals surface area contributed by atoms with Gasteiger partial charge < -0.3 is 5.32 Å². The molecule has 2 aliphatic heterocycles. The van der Waals surface area contributed by atoms with Crippen molar-refractivity contribution in [2.24, 2.45) is 0 Å². The van der Waals surface area contributed by atoms with Crippen LogP contribution in [0.1, 0.15) is 41.4 Å². The fraction of sp³-hybridized carbons (Fsp3) is 0.276. The van der Waals surface area contributed by atoms with Crippen LogP contribution >= 0.6 is 11.3 Å². The topological polar surface area (TPSA) is 65.5 Å². The minimum atomic E-state index is -1.12. The molecule has 0 bridgehead atoms. The van der Waals surface area contributed by atoms with Crippen LogP contribution in [0.2, 0.25) is 0 Å². The third-order valence-corrected chi connectivity index (χ3v) is 8.42. The van der Waals surface area contributed by atoms with Gasteiger partial charge in [-0.05, 0) is 36.1 Å². The third kappa shape index (κ3) is 4.08. The Labute approximate surface area is 214 Å². The molecular formula is C29H28N4O2S. The van der Waals surface area contributed by atoms with Gasteiger partial charge in [-0.1, -0.05) is 79.2 Å². The molecule has 0 unspecified atom stereocenters. The average molecular weight is 497 g/mol. The van der Waals surface area contributed by atoms with Gasteiger partial charge in [-0.3, -0.25) is 9.69 Å². The maximum Gasteiger partial charge on any atom is 0.326 e. The zero-order chi connectivity index (χ0) is 24.5. The van der Waals surface area contributed by atoms with Crippen LogP contribution in [0.3, 0.4) is 0 Å². The highest BCUT2D eigenvalue weighted by Gasteiger charge is 2.53. The van der Waals surface area contributed by atoms with E-state index in [1.807, 2.05) is 78.9 Å². The summed E-state index contributed by atoms with van der Waals surface area (Å²) in [5.74, 6) is -0.198. The number of thiazole rings is 1. The number of hydrogen-bond donors (Lipinski definition) is 1. The Balaban J connectivity index is 1.31. The molecule has 2 fully saturated rings. The van der Waals surface area contributed by atoms with Gasteiger partial charge in [0.1, 0.15) is 5.01 Å². The summed E-state index contributed by atoms with van der Waals surface area (Å²) in [6.07, 6.45) is 3.52. The second kappa shape index (κ2) is 9.48. The molecule has 2 saturated heterocycles. The molecule has 3 aromatic carbocycles. The second-order valence-electron chi connectivity index (χ2n) is 9.58. The number of piperidine rings is 1. The van der Waals surface area contributed by atoms with Crippen LogP contribution in [0.4, 0.5) is 4.79 Å². The molecule has 0 radical (unpaired) electrons. The standard InChI is InChI=1S/C29H28N4O2S/c34-27-29(22-13-5-2-6-14-22,19-21-11-3-1-4-12-21)31-28(35)33(27)20-32-18-10-9-16-24(32)26-30-23-15-7-8-17-25(23)36-26/h1-8,11-15,17,24H,9-10,16,18-20H2,(H,31,35)/t24-,29+/m1/s1. The number of amides is 3. The minimum Gasteiger partial charge on any atom is -0.319 e. The first-order valence-electron chi connectivity index (χ1n) is 12.5. The van der Waals surface area contributed by atoms with E-state index in [0.29, 0.717) is 6.42 Å². The number of nitrogens with zero attached hydrogens (tertiary/aromatic N) is 3. The lowest BCUT2D eigenvalue weighted by Gasteiger charge is -2.36. The van der Waals surface area contributed by atoms with Gasteiger partial charge in [-0.25, -0.2) is 14.7 Å². The fourth-order valence-electron chi connectivity index (χ4n) is 5.45. The van der Waals surface area contributed by atoms with Crippen LogP contribution in [-0.2, 0) is 16.8 Å². The van der Waals surface area contributed by atoms with Gasteiger partial charge in [-0.2, -0.15) is 0 Å². The maximum absolute atomic E-state index is 14.1. The first-order valence-corrected chi connectivity index (χ1v) is 13.3. The van der Waals surface area contributed by atoms with E-state index in [1.54, 1.807) is 11.3 Å². The molecule has 36 heavy (non-hydrogen) atoms. The van der Waals surface area contributed by atoms with E-state index in [9.17, 15) is 9.59 Å². The summed E-state index contributed by atoms with van der Waals surface area (Å²) in [6.45, 7) is 1.09. The Kier molecular flexibility index (Phi) is 6.03. The molecular weight excluding hydrogens is 468 g/mol. The van der Waals surface area contributed by atoms with Gasteiger partial charge in [0.2, 0.25) is 0 Å². The Morgan fingerprint density at radius 2 is 1.64 bits per heavy atom. The molecule has 0 aliphatic carbocycles. The lowest BCUT2D eigenvalue weighted by atomic mass is 9.83. The summed E-state index contributed by atoms with van der Waals surface area (Å²) in [7, 11) is 0. The Morgan fingerprint density at radius 1 is 0.917 bits per heavy atom. The zero-order valence-corrected chi connectivity index (χ0v) is 20.8. The van der Waals surface area contributed by atoms with Gasteiger partial charge in [0, 0.05) is 13.0 Å². The largest absolute Gasteiger partial charge is 0.326 e. The third-order valence-electron chi connectivity index (χ3n) is 7.29. The van der Waals surface area contributed by atoms with Gasteiger partial charge in [0.15, 0.2) is 5.54 Å². The highest BCUT2D eigenvalue weighted by Crippen LogP contribution is 2.38. The van der Waals surface area contributed by atoms with Crippen molar-refractivity contribution < 1.29 is 9.59 Å². The van der Waals surface area contributed by atoms with Crippen molar-refractivity contribution in [2.45, 2.75) is 37.3 Å². The lowest BCUT2D eigenvalue weighted by Crippen LogP contribution is -2.48. The number of benzene rings is 3. The Bertz CT molecular complexity index is 1360. The quantitative estimate of drug-likeness (QED) is 0.360. The molecule has 2 aliphatic rings. The number of para-hydroxylation sites is 1. The molecule has 1 N–H and O–H groups in total. The first kappa shape index (κ1) is 22.9. The number of nitrogens with one attached hydrogen (secondary N) is 1. The molecule has 6 nitrogen and oxygen atoms in total. The van der Waals surface area contributed by atoms with Crippen LogP contribution in [0.25, 0.3) is 10.2 Å². The van der Waals surface area contributed by atoms with Crippen LogP contribution < -0.4 is 5.32 Å². The van der Waals surface area contributed by atoms with E-state index < -0.39 is 5.54 Å². The highest BCUT2D eigenvalue weighted by molar-refractivity contribution is 7.18. The number of rotatable bonds is 6. The maximum atomic E-state index is 14.1. The molecule has 2 atom stereocenters. The Morgan fingerprint density at radius 3 is 2.42 bits per heavy atom. The summed E-state index contributed by atoms with van der Waals surface area (Å²) in [5.41, 5.74) is 1.68. The molecule has 0 saturated carbocycles. The van der Waals surface area contributed by atoms with Gasteiger partial charge in [0.05, 0.1) is 22.9 Å². The predicted octanol–water partition coefficient (Wildman–Crippen LogP) is 5.47.